The molecule has 0 N–H and O–H groups in total. The molecule has 3 heteroatoms. The van der Waals surface area contributed by atoms with Gasteiger partial charge >= 0.3 is 0 Å². The van der Waals surface area contributed by atoms with E-state index >= 15 is 0 Å². The van der Waals surface area contributed by atoms with Gasteiger partial charge in [0.15, 0.2) is 5.60 Å². The van der Waals surface area contributed by atoms with Gasteiger partial charge in [0, 0.05) is 18.2 Å². The van der Waals surface area contributed by atoms with Crippen molar-refractivity contribution in [2.45, 2.75) is 24.9 Å². The zero-order valence-electron chi connectivity index (χ0n) is 13.9. The van der Waals surface area contributed by atoms with Crippen molar-refractivity contribution in [1.82, 2.24) is 4.57 Å². The Balaban J connectivity index is 1.78. The second-order valence-electron chi connectivity index (χ2n) is 7.00. The van der Waals surface area contributed by atoms with Crippen LogP contribution in [0.2, 0.25) is 0 Å². The molecule has 0 radical (unpaired) electrons. The summed E-state index contributed by atoms with van der Waals surface area (Å²) in [7, 11) is 0. The molecule has 124 valence electrons. The smallest absolute Gasteiger partial charge is 0.227 e. The fraction of sp³-hybridized carbons (Fsp3) is 0.227. The van der Waals surface area contributed by atoms with Gasteiger partial charge in [0.1, 0.15) is 5.75 Å². The number of aromatic nitrogens is 1. The van der Waals surface area contributed by atoms with Gasteiger partial charge < -0.3 is 9.30 Å². The van der Waals surface area contributed by atoms with Crippen LogP contribution in [0.5, 0.6) is 5.75 Å². The van der Waals surface area contributed by atoms with Gasteiger partial charge in [0.2, 0.25) is 5.78 Å². The highest BCUT2D eigenvalue weighted by Crippen LogP contribution is 2.47. The second kappa shape index (κ2) is 5.35. The van der Waals surface area contributed by atoms with Crippen LogP contribution in [0.25, 0.3) is 5.69 Å². The fourth-order valence-corrected chi connectivity index (χ4v) is 3.84. The SMILES string of the molecule is O=C1c2cccn2-c2ccccc2O[C@@]1(CC1CC1)c1ccccc1. The van der Waals surface area contributed by atoms with Gasteiger partial charge in [0.25, 0.3) is 0 Å². The minimum Gasteiger partial charge on any atom is -0.472 e. The van der Waals surface area contributed by atoms with Crippen LogP contribution in [-0.2, 0) is 5.60 Å². The van der Waals surface area contributed by atoms with Gasteiger partial charge in [-0.2, -0.15) is 0 Å². The highest BCUT2D eigenvalue weighted by Gasteiger charge is 2.49. The number of para-hydroxylation sites is 2. The van der Waals surface area contributed by atoms with Crippen LogP contribution in [0, 0.1) is 5.92 Å². The maximum absolute atomic E-state index is 13.7. The van der Waals surface area contributed by atoms with E-state index in [0.29, 0.717) is 11.6 Å². The minimum atomic E-state index is -0.953. The lowest BCUT2D eigenvalue weighted by Crippen LogP contribution is -2.42. The molecule has 2 aliphatic rings. The number of hydrogen-bond donors (Lipinski definition) is 0. The van der Waals surface area contributed by atoms with Crippen LogP contribution in [0.3, 0.4) is 0 Å². The van der Waals surface area contributed by atoms with Crippen LogP contribution in [-0.4, -0.2) is 10.4 Å². The standard InChI is InChI=1S/C22H19NO2/c24-21-19-10-6-14-23(19)18-9-4-5-11-20(18)25-22(21,15-16-12-13-16)17-7-2-1-3-8-17/h1-11,14,16H,12-13,15H2/t22-/m0/s1. The zero-order valence-corrected chi connectivity index (χ0v) is 13.9. The van der Waals surface area contributed by atoms with Crippen LogP contribution < -0.4 is 4.74 Å². The predicted octanol–water partition coefficient (Wildman–Crippen LogP) is 4.75. The van der Waals surface area contributed by atoms with E-state index in [1.54, 1.807) is 0 Å². The Hall–Kier alpha value is -2.81. The van der Waals surface area contributed by atoms with E-state index < -0.39 is 5.60 Å². The summed E-state index contributed by atoms with van der Waals surface area (Å²) in [4.78, 5) is 13.7. The summed E-state index contributed by atoms with van der Waals surface area (Å²) >= 11 is 0. The molecule has 3 nitrogen and oxygen atoms in total. The Kier molecular flexibility index (Phi) is 3.11. The third-order valence-corrected chi connectivity index (χ3v) is 5.27. The number of rotatable bonds is 3. The number of hydrogen-bond acceptors (Lipinski definition) is 2. The number of carbonyl (C=O) groups excluding carboxylic acids is 1. The van der Waals surface area contributed by atoms with Crippen molar-refractivity contribution in [3.63, 3.8) is 0 Å². The predicted molar refractivity (Wildman–Crippen MR) is 96.2 cm³/mol. The molecule has 1 saturated carbocycles. The summed E-state index contributed by atoms with van der Waals surface area (Å²) < 4.78 is 8.52. The van der Waals surface area contributed by atoms with Crippen molar-refractivity contribution in [2.75, 3.05) is 0 Å². The molecule has 1 atom stereocenters. The number of benzene rings is 2. The first-order valence-electron chi connectivity index (χ1n) is 8.84. The number of ether oxygens (including phenoxy) is 1. The van der Waals surface area contributed by atoms with Crippen LogP contribution in [0.15, 0.2) is 72.9 Å². The molecule has 1 aliphatic heterocycles. The fourth-order valence-electron chi connectivity index (χ4n) is 3.84. The van der Waals surface area contributed by atoms with E-state index in [2.05, 4.69) is 0 Å². The summed E-state index contributed by atoms with van der Waals surface area (Å²) in [5.41, 5.74) is 1.60. The second-order valence-corrected chi connectivity index (χ2v) is 7.00. The molecule has 1 aromatic heterocycles. The van der Waals surface area contributed by atoms with Gasteiger partial charge in [-0.15, -0.1) is 0 Å². The first kappa shape index (κ1) is 14.5. The molecule has 25 heavy (non-hydrogen) atoms. The number of fused-ring (bicyclic) bond motifs is 3. The molecule has 0 saturated heterocycles. The molecule has 0 unspecified atom stereocenters. The van der Waals surface area contributed by atoms with E-state index in [0.717, 1.165) is 23.4 Å². The van der Waals surface area contributed by atoms with Crippen molar-refractivity contribution >= 4 is 5.78 Å². The van der Waals surface area contributed by atoms with Crippen molar-refractivity contribution < 1.29 is 9.53 Å². The summed E-state index contributed by atoms with van der Waals surface area (Å²) in [5.74, 6) is 1.36. The molecule has 0 bridgehead atoms. The Morgan fingerprint density at radius 3 is 2.52 bits per heavy atom. The van der Waals surface area contributed by atoms with E-state index in [1.165, 1.54) is 12.8 Å². The third-order valence-electron chi connectivity index (χ3n) is 5.27. The van der Waals surface area contributed by atoms with Crippen molar-refractivity contribution in [3.05, 3.63) is 84.2 Å². The van der Waals surface area contributed by atoms with Gasteiger partial charge in [-0.1, -0.05) is 55.3 Å². The van der Waals surface area contributed by atoms with Crippen LogP contribution in [0.4, 0.5) is 0 Å². The summed E-state index contributed by atoms with van der Waals surface area (Å²) in [6.45, 7) is 0. The maximum Gasteiger partial charge on any atom is 0.227 e. The van der Waals surface area contributed by atoms with E-state index in [9.17, 15) is 4.79 Å². The number of nitrogens with zero attached hydrogens (tertiary/aromatic N) is 1. The monoisotopic (exact) mass is 329 g/mol. The van der Waals surface area contributed by atoms with E-state index in [1.807, 2.05) is 77.5 Å². The summed E-state index contributed by atoms with van der Waals surface area (Å²) in [6, 6.07) is 21.7. The lowest BCUT2D eigenvalue weighted by Gasteiger charge is -2.32. The zero-order chi connectivity index (χ0) is 16.9. The van der Waals surface area contributed by atoms with E-state index in [-0.39, 0.29) is 5.78 Å². The van der Waals surface area contributed by atoms with E-state index in [4.69, 9.17) is 4.74 Å². The first-order chi connectivity index (χ1) is 12.3. The Labute approximate surface area is 146 Å². The van der Waals surface area contributed by atoms with Gasteiger partial charge in [0.05, 0.1) is 11.4 Å². The molecule has 1 fully saturated rings. The first-order valence-corrected chi connectivity index (χ1v) is 8.84. The quantitative estimate of drug-likeness (QED) is 0.694. The largest absolute Gasteiger partial charge is 0.472 e. The molecular formula is C22H19NO2. The molecule has 3 aromatic rings. The minimum absolute atomic E-state index is 0.0480. The summed E-state index contributed by atoms with van der Waals surface area (Å²) in [6.07, 6.45) is 5.02. The Morgan fingerprint density at radius 1 is 0.960 bits per heavy atom. The van der Waals surface area contributed by atoms with Crippen molar-refractivity contribution in [2.24, 2.45) is 5.92 Å². The summed E-state index contributed by atoms with van der Waals surface area (Å²) in [5, 5.41) is 0. The number of carbonyl (C=O) groups is 1. The molecule has 0 spiro atoms. The highest BCUT2D eigenvalue weighted by atomic mass is 16.5. The topological polar surface area (TPSA) is 31.2 Å². The molecule has 2 aromatic carbocycles. The van der Waals surface area contributed by atoms with Crippen LogP contribution in [0.1, 0.15) is 35.3 Å². The van der Waals surface area contributed by atoms with Crippen molar-refractivity contribution in [1.29, 1.82) is 0 Å². The van der Waals surface area contributed by atoms with Crippen LogP contribution >= 0.6 is 0 Å². The average Bonchev–Trinajstić information content (AvgIpc) is 3.35. The maximum atomic E-state index is 13.7. The Bertz CT molecular complexity index is 939. The lowest BCUT2D eigenvalue weighted by atomic mass is 9.83. The number of ketones is 1. The molecule has 1 aliphatic carbocycles. The normalized spacial score (nSPS) is 21.8. The van der Waals surface area contributed by atoms with Gasteiger partial charge in [-0.25, -0.2) is 0 Å². The van der Waals surface area contributed by atoms with Crippen molar-refractivity contribution in [3.8, 4) is 11.4 Å². The van der Waals surface area contributed by atoms with Gasteiger partial charge in [-0.3, -0.25) is 4.79 Å². The highest BCUT2D eigenvalue weighted by molar-refractivity contribution is 6.03. The molecule has 5 rings (SSSR count). The Morgan fingerprint density at radius 2 is 1.72 bits per heavy atom. The van der Waals surface area contributed by atoms with Gasteiger partial charge in [-0.05, 0) is 30.2 Å². The molecular weight excluding hydrogens is 310 g/mol. The molecule has 0 amide bonds. The average molecular weight is 329 g/mol. The number of Topliss-reactive ketones (excluding diaryl/α,β-unsaturated/α-hetero) is 1. The lowest BCUT2D eigenvalue weighted by molar-refractivity contribution is 0.0375. The molecule has 2 heterocycles. The third kappa shape index (κ3) is 2.23.